The fraction of sp³-hybridized carbons (Fsp3) is 0.360. The van der Waals surface area contributed by atoms with Crippen LogP contribution in [0.5, 0.6) is 5.75 Å². The van der Waals surface area contributed by atoms with Crippen LogP contribution in [0.2, 0.25) is 5.02 Å². The Bertz CT molecular complexity index is 1050. The molecule has 1 unspecified atom stereocenters. The van der Waals surface area contributed by atoms with E-state index in [0.717, 1.165) is 22.3 Å². The van der Waals surface area contributed by atoms with Gasteiger partial charge in [-0.1, -0.05) is 29.8 Å². The van der Waals surface area contributed by atoms with Gasteiger partial charge in [-0.05, 0) is 53.5 Å². The van der Waals surface area contributed by atoms with Crippen LogP contribution >= 0.6 is 11.6 Å². The number of hydrogen-bond acceptors (Lipinski definition) is 4. The standard InChI is InChI=1S/C25H27ClN2O4/c1-4-27-23(29)13-22-19-12-24(30)28(2)14-21(19)18-10-9-17(31-3)11-20(18)25(32-22)15-5-7-16(26)8-6-15/h5-11,14,19,22,25H,4,12-13H2,1-3H3,(H,27,29)/t19?,22-,25+/m1/s1. The molecule has 3 atom stereocenters. The van der Waals surface area contributed by atoms with Gasteiger partial charge in [0.05, 0.1) is 19.6 Å². The lowest BCUT2D eigenvalue weighted by molar-refractivity contribution is -0.133. The van der Waals surface area contributed by atoms with Gasteiger partial charge in [0.1, 0.15) is 11.9 Å². The van der Waals surface area contributed by atoms with Crippen molar-refractivity contribution >= 4 is 29.0 Å². The monoisotopic (exact) mass is 454 g/mol. The first-order valence-corrected chi connectivity index (χ1v) is 11.1. The molecule has 6 nitrogen and oxygen atoms in total. The van der Waals surface area contributed by atoms with E-state index in [1.165, 1.54) is 0 Å². The number of amides is 2. The highest BCUT2D eigenvalue weighted by atomic mass is 35.5. The summed E-state index contributed by atoms with van der Waals surface area (Å²) in [6.45, 7) is 2.42. The zero-order valence-corrected chi connectivity index (χ0v) is 19.2. The third kappa shape index (κ3) is 4.38. The van der Waals surface area contributed by atoms with Crippen LogP contribution < -0.4 is 10.1 Å². The minimum Gasteiger partial charge on any atom is -0.497 e. The molecule has 0 spiro atoms. The lowest BCUT2D eigenvalue weighted by atomic mass is 9.81. The van der Waals surface area contributed by atoms with Gasteiger partial charge in [0.15, 0.2) is 0 Å². The first-order chi connectivity index (χ1) is 15.4. The molecule has 7 heteroatoms. The maximum absolute atomic E-state index is 12.6. The molecular formula is C25H27ClN2O4. The molecule has 168 valence electrons. The van der Waals surface area contributed by atoms with E-state index in [-0.39, 0.29) is 30.6 Å². The average molecular weight is 455 g/mol. The molecule has 2 aromatic carbocycles. The zero-order chi connectivity index (χ0) is 22.8. The minimum absolute atomic E-state index is 0.00301. The van der Waals surface area contributed by atoms with Crippen molar-refractivity contribution in [3.8, 4) is 5.75 Å². The Morgan fingerprint density at radius 3 is 2.69 bits per heavy atom. The number of rotatable bonds is 5. The highest BCUT2D eigenvalue weighted by Gasteiger charge is 2.40. The van der Waals surface area contributed by atoms with Gasteiger partial charge < -0.3 is 19.7 Å². The molecule has 0 fully saturated rings. The lowest BCUT2D eigenvalue weighted by Crippen LogP contribution is -2.38. The number of ether oxygens (including phenoxy) is 2. The number of halogens is 1. The number of carbonyl (C=O) groups excluding carboxylic acids is 2. The summed E-state index contributed by atoms with van der Waals surface area (Å²) in [7, 11) is 3.39. The predicted molar refractivity (Wildman–Crippen MR) is 123 cm³/mol. The van der Waals surface area contributed by atoms with Crippen LogP contribution in [0, 0.1) is 5.92 Å². The molecule has 2 aromatic rings. The number of nitrogens with zero attached hydrogens (tertiary/aromatic N) is 1. The zero-order valence-electron chi connectivity index (χ0n) is 18.4. The van der Waals surface area contributed by atoms with E-state index in [4.69, 9.17) is 21.1 Å². The van der Waals surface area contributed by atoms with Gasteiger partial charge in [-0.2, -0.15) is 0 Å². The van der Waals surface area contributed by atoms with Crippen molar-refractivity contribution in [2.75, 3.05) is 20.7 Å². The Labute approximate surface area is 193 Å². The van der Waals surface area contributed by atoms with E-state index in [9.17, 15) is 9.59 Å². The third-order valence-corrected chi connectivity index (χ3v) is 6.32. The first kappa shape index (κ1) is 22.4. The minimum atomic E-state index is -0.468. The third-order valence-electron chi connectivity index (χ3n) is 6.07. The molecule has 2 amide bonds. The largest absolute Gasteiger partial charge is 0.497 e. The van der Waals surface area contributed by atoms with Crippen molar-refractivity contribution in [2.24, 2.45) is 5.92 Å². The number of hydrogen-bond donors (Lipinski definition) is 1. The molecule has 2 heterocycles. The number of benzene rings is 2. The molecule has 2 aliphatic heterocycles. The van der Waals surface area contributed by atoms with Gasteiger partial charge in [-0.3, -0.25) is 9.59 Å². The molecule has 0 aromatic heterocycles. The Kier molecular flexibility index (Phi) is 6.53. The van der Waals surface area contributed by atoms with Crippen molar-refractivity contribution in [3.05, 3.63) is 70.4 Å². The summed E-state index contributed by atoms with van der Waals surface area (Å²) in [4.78, 5) is 26.8. The normalized spacial score (nSPS) is 22.4. The lowest BCUT2D eigenvalue weighted by Gasteiger charge is -2.32. The summed E-state index contributed by atoms with van der Waals surface area (Å²) < 4.78 is 12.2. The number of fused-ring (bicyclic) bond motifs is 3. The summed E-state index contributed by atoms with van der Waals surface area (Å²) in [6.07, 6.45) is 1.42. The fourth-order valence-corrected chi connectivity index (χ4v) is 4.57. The van der Waals surface area contributed by atoms with Crippen LogP contribution in [0.1, 0.15) is 42.6 Å². The van der Waals surface area contributed by atoms with Crippen LogP contribution in [0.25, 0.3) is 5.57 Å². The summed E-state index contributed by atoms with van der Waals surface area (Å²) in [5.41, 5.74) is 3.84. The molecule has 1 N–H and O–H groups in total. The van der Waals surface area contributed by atoms with Gasteiger partial charge in [-0.15, -0.1) is 0 Å². The second kappa shape index (κ2) is 9.35. The average Bonchev–Trinajstić information content (AvgIpc) is 2.90. The second-order valence-electron chi connectivity index (χ2n) is 8.12. The molecule has 0 radical (unpaired) electrons. The van der Waals surface area contributed by atoms with Crippen molar-refractivity contribution in [1.29, 1.82) is 0 Å². The van der Waals surface area contributed by atoms with Gasteiger partial charge in [-0.25, -0.2) is 0 Å². The number of nitrogens with one attached hydrogen (secondary N) is 1. The Hall–Kier alpha value is -2.83. The highest BCUT2D eigenvalue weighted by Crippen LogP contribution is 2.46. The van der Waals surface area contributed by atoms with Crippen LogP contribution in [0.4, 0.5) is 0 Å². The van der Waals surface area contributed by atoms with Gasteiger partial charge in [0, 0.05) is 37.2 Å². The molecule has 32 heavy (non-hydrogen) atoms. The van der Waals surface area contributed by atoms with Gasteiger partial charge in [0.25, 0.3) is 0 Å². The molecule has 0 saturated heterocycles. The molecular weight excluding hydrogens is 428 g/mol. The SMILES string of the molecule is CCNC(=O)C[C@H]1O[C@@H](c2ccc(Cl)cc2)c2cc(OC)ccc2C2=CN(C)C(=O)CC21. The van der Waals surface area contributed by atoms with Crippen LogP contribution in [-0.4, -0.2) is 43.5 Å². The van der Waals surface area contributed by atoms with Crippen molar-refractivity contribution in [2.45, 2.75) is 32.0 Å². The van der Waals surface area contributed by atoms with E-state index >= 15 is 0 Å². The fourth-order valence-electron chi connectivity index (χ4n) is 4.45. The van der Waals surface area contributed by atoms with Crippen molar-refractivity contribution in [1.82, 2.24) is 10.2 Å². The maximum Gasteiger partial charge on any atom is 0.226 e. The van der Waals surface area contributed by atoms with E-state index < -0.39 is 12.2 Å². The summed E-state index contributed by atoms with van der Waals surface area (Å²) in [6, 6.07) is 13.4. The van der Waals surface area contributed by atoms with E-state index in [0.29, 0.717) is 17.3 Å². The summed E-state index contributed by atoms with van der Waals surface area (Å²) in [5, 5.41) is 3.49. The first-order valence-electron chi connectivity index (χ1n) is 10.7. The summed E-state index contributed by atoms with van der Waals surface area (Å²) >= 11 is 6.13. The van der Waals surface area contributed by atoms with Crippen LogP contribution in [-0.2, 0) is 14.3 Å². The Morgan fingerprint density at radius 2 is 2.00 bits per heavy atom. The van der Waals surface area contributed by atoms with E-state index in [1.807, 2.05) is 55.6 Å². The Morgan fingerprint density at radius 1 is 1.25 bits per heavy atom. The second-order valence-corrected chi connectivity index (χ2v) is 8.55. The predicted octanol–water partition coefficient (Wildman–Crippen LogP) is 4.18. The van der Waals surface area contributed by atoms with E-state index in [1.54, 1.807) is 19.1 Å². The molecule has 0 saturated carbocycles. The van der Waals surface area contributed by atoms with Gasteiger partial charge in [0.2, 0.25) is 11.8 Å². The topological polar surface area (TPSA) is 67.9 Å². The smallest absolute Gasteiger partial charge is 0.226 e. The number of carbonyl (C=O) groups is 2. The quantitative estimate of drug-likeness (QED) is 0.735. The van der Waals surface area contributed by atoms with Gasteiger partial charge >= 0.3 is 0 Å². The highest BCUT2D eigenvalue weighted by molar-refractivity contribution is 6.30. The van der Waals surface area contributed by atoms with Crippen LogP contribution in [0.15, 0.2) is 48.7 Å². The van der Waals surface area contributed by atoms with Crippen molar-refractivity contribution < 1.29 is 19.1 Å². The van der Waals surface area contributed by atoms with Crippen molar-refractivity contribution in [3.63, 3.8) is 0 Å². The molecule has 2 aliphatic rings. The molecule has 4 rings (SSSR count). The van der Waals surface area contributed by atoms with E-state index in [2.05, 4.69) is 5.32 Å². The Balaban J connectivity index is 1.88. The maximum atomic E-state index is 12.6. The summed E-state index contributed by atoms with van der Waals surface area (Å²) in [5.74, 6) is 0.390. The molecule has 0 bridgehead atoms. The number of methoxy groups -OCH3 is 1. The molecule has 0 aliphatic carbocycles. The van der Waals surface area contributed by atoms with Crippen LogP contribution in [0.3, 0.4) is 0 Å².